The Bertz CT molecular complexity index is 4720. The van der Waals surface area contributed by atoms with E-state index in [0.717, 1.165) is 119 Å². The molecule has 476 valence electrons. The average molecular weight is 1280 g/mol. The Hall–Kier alpha value is -13.2. The summed E-state index contributed by atoms with van der Waals surface area (Å²) in [6, 6.07) is 138. The second-order valence-corrected chi connectivity index (χ2v) is 23.7. The molecule has 0 unspecified atom stereocenters. The van der Waals surface area contributed by atoms with Crippen molar-refractivity contribution < 1.29 is 8.78 Å². The van der Waals surface area contributed by atoms with Crippen LogP contribution in [-0.2, 0) is 0 Å². The zero-order chi connectivity index (χ0) is 66.7. The number of hydrogen-bond acceptors (Lipinski definition) is 7. The second kappa shape index (κ2) is 28.8. The van der Waals surface area contributed by atoms with Crippen LogP contribution in [0.4, 0.5) is 128 Å². The van der Waals surface area contributed by atoms with E-state index in [9.17, 15) is 8.78 Å². The number of benzene rings is 15. The highest BCUT2D eigenvalue weighted by Gasteiger charge is 2.23. The Morgan fingerprint density at radius 3 is 0.283 bits per heavy atom. The monoisotopic (exact) mass is 1280 g/mol. The van der Waals surface area contributed by atoms with Crippen LogP contribution in [0, 0.1) is 11.6 Å². The predicted octanol–water partition coefficient (Wildman–Crippen LogP) is 26.3. The van der Waals surface area contributed by atoms with E-state index in [1.165, 1.54) is 24.3 Å². The van der Waals surface area contributed by atoms with E-state index in [1.54, 1.807) is 0 Å². The molecular formula is C90H67F2N7. The van der Waals surface area contributed by atoms with Crippen molar-refractivity contribution in [1.82, 2.24) is 0 Å². The van der Waals surface area contributed by atoms with Gasteiger partial charge < -0.3 is 34.3 Å². The van der Waals surface area contributed by atoms with Gasteiger partial charge in [0.2, 0.25) is 0 Å². The largest absolute Gasteiger partial charge is 0.311 e. The molecule has 0 radical (unpaired) electrons. The Balaban J connectivity index is 0.718. The molecule has 9 heteroatoms. The minimum absolute atomic E-state index is 0.277. The molecule has 0 amide bonds. The summed E-state index contributed by atoms with van der Waals surface area (Å²) in [5.41, 5.74) is 20.7. The third kappa shape index (κ3) is 13.6. The molecular weight excluding hydrogens is 1220 g/mol. The molecule has 0 saturated carbocycles. The topological polar surface area (TPSA) is 22.7 Å². The highest BCUT2D eigenvalue weighted by Crippen LogP contribution is 2.46. The van der Waals surface area contributed by atoms with Gasteiger partial charge in [-0.15, -0.1) is 0 Å². The van der Waals surface area contributed by atoms with Crippen LogP contribution in [0.25, 0.3) is 0 Å². The zero-order valence-electron chi connectivity index (χ0n) is 54.1. The van der Waals surface area contributed by atoms with Crippen molar-refractivity contribution >= 4 is 119 Å². The maximum Gasteiger partial charge on any atom is 0.123 e. The zero-order valence-corrected chi connectivity index (χ0v) is 54.1. The Labute approximate surface area is 577 Å². The van der Waals surface area contributed by atoms with E-state index >= 15 is 0 Å². The van der Waals surface area contributed by atoms with E-state index < -0.39 is 0 Å². The predicted molar refractivity (Wildman–Crippen MR) is 409 cm³/mol. The molecule has 0 aliphatic carbocycles. The third-order valence-corrected chi connectivity index (χ3v) is 17.5. The maximum absolute atomic E-state index is 14.2. The molecule has 0 bridgehead atoms. The van der Waals surface area contributed by atoms with Gasteiger partial charge >= 0.3 is 0 Å². The first-order valence-electron chi connectivity index (χ1n) is 33.0. The van der Waals surface area contributed by atoms with Gasteiger partial charge in [-0.25, -0.2) is 8.78 Å². The fourth-order valence-electron chi connectivity index (χ4n) is 12.9. The van der Waals surface area contributed by atoms with Crippen molar-refractivity contribution in [3.63, 3.8) is 0 Å². The van der Waals surface area contributed by atoms with Gasteiger partial charge in [-0.3, -0.25) is 0 Å². The molecule has 7 nitrogen and oxygen atoms in total. The van der Waals surface area contributed by atoms with Crippen molar-refractivity contribution in [2.75, 3.05) is 34.3 Å². The fraction of sp³-hybridized carbons (Fsp3) is 0. The minimum Gasteiger partial charge on any atom is -0.311 e. The van der Waals surface area contributed by atoms with Gasteiger partial charge in [0.05, 0.1) is 0 Å². The molecule has 0 aliphatic rings. The van der Waals surface area contributed by atoms with Crippen LogP contribution in [-0.4, -0.2) is 0 Å². The van der Waals surface area contributed by atoms with Crippen LogP contribution in [0.3, 0.4) is 0 Å². The van der Waals surface area contributed by atoms with E-state index in [1.807, 2.05) is 72.8 Å². The van der Waals surface area contributed by atoms with E-state index in [4.69, 9.17) is 0 Å². The number of para-hydroxylation sites is 7. The lowest BCUT2D eigenvalue weighted by atomic mass is 10.1. The van der Waals surface area contributed by atoms with Crippen LogP contribution < -0.4 is 34.3 Å². The highest BCUT2D eigenvalue weighted by molar-refractivity contribution is 5.88. The Morgan fingerprint density at radius 2 is 0.182 bits per heavy atom. The van der Waals surface area contributed by atoms with E-state index in [0.29, 0.717) is 0 Å². The number of anilines is 21. The second-order valence-electron chi connectivity index (χ2n) is 23.7. The minimum atomic E-state index is -0.277. The Kier molecular flexibility index (Phi) is 18.0. The fourth-order valence-corrected chi connectivity index (χ4v) is 12.9. The molecule has 15 rings (SSSR count). The summed E-state index contributed by atoms with van der Waals surface area (Å²) >= 11 is 0. The van der Waals surface area contributed by atoms with Crippen LogP contribution in [0.1, 0.15) is 0 Å². The lowest BCUT2D eigenvalue weighted by Crippen LogP contribution is -2.14. The first-order chi connectivity index (χ1) is 48.9. The van der Waals surface area contributed by atoms with Gasteiger partial charge in [-0.1, -0.05) is 127 Å². The summed E-state index contributed by atoms with van der Waals surface area (Å²) in [6.07, 6.45) is 0. The third-order valence-electron chi connectivity index (χ3n) is 17.5. The smallest absolute Gasteiger partial charge is 0.123 e. The van der Waals surface area contributed by atoms with Crippen molar-refractivity contribution in [2.45, 2.75) is 0 Å². The lowest BCUT2D eigenvalue weighted by Gasteiger charge is -2.30. The molecule has 15 aromatic rings. The highest BCUT2D eigenvalue weighted by atomic mass is 19.1. The maximum atomic E-state index is 14.2. The van der Waals surface area contributed by atoms with Crippen LogP contribution in [0.5, 0.6) is 0 Å². The quantitative estimate of drug-likeness (QED) is 0.0706. The molecule has 0 saturated heterocycles. The summed E-state index contributed by atoms with van der Waals surface area (Å²) in [7, 11) is 0. The van der Waals surface area contributed by atoms with Gasteiger partial charge in [0, 0.05) is 119 Å². The number of rotatable bonds is 21. The molecule has 0 fully saturated rings. The molecule has 0 aromatic heterocycles. The normalized spacial score (nSPS) is 10.9. The van der Waals surface area contributed by atoms with Crippen LogP contribution in [0.2, 0.25) is 0 Å². The van der Waals surface area contributed by atoms with Gasteiger partial charge in [0.25, 0.3) is 0 Å². The molecule has 99 heavy (non-hydrogen) atoms. The molecule has 0 atom stereocenters. The van der Waals surface area contributed by atoms with Crippen LogP contribution >= 0.6 is 0 Å². The van der Waals surface area contributed by atoms with Crippen molar-refractivity contribution in [2.24, 2.45) is 0 Å². The van der Waals surface area contributed by atoms with E-state index in [-0.39, 0.29) is 11.6 Å². The van der Waals surface area contributed by atoms with Crippen molar-refractivity contribution in [3.05, 3.63) is 418 Å². The number of nitrogens with zero attached hydrogens (tertiary/aromatic N) is 7. The molecule has 15 aromatic carbocycles. The Morgan fingerprint density at radius 1 is 0.101 bits per heavy atom. The summed E-state index contributed by atoms with van der Waals surface area (Å²) in [4.78, 5) is 15.7. The summed E-state index contributed by atoms with van der Waals surface area (Å²) in [6.45, 7) is 0. The van der Waals surface area contributed by atoms with Gasteiger partial charge in [0.15, 0.2) is 0 Å². The average Bonchev–Trinajstić information content (AvgIpc) is 0.974. The first-order valence-corrected chi connectivity index (χ1v) is 33.0. The summed E-state index contributed by atoms with van der Waals surface area (Å²) in [5.74, 6) is -0.554. The SMILES string of the molecule is Fc1ccc(N(c2ccccc2)c2ccc(N(c3ccccc3)c3ccc(N(c4ccccc4)c4ccc(N(c5ccccc5)c5ccc(N(c6ccccc6)c6ccc(N(c7ccccc7)c7ccc(N(c8ccccc8)c8ccc(F)cc8)cc7)cc6)cc5)cc4)cc3)cc2)cc1. The van der Waals surface area contributed by atoms with Gasteiger partial charge in [-0.2, -0.15) is 0 Å². The number of halogens is 2. The molecule has 0 aliphatic heterocycles. The van der Waals surface area contributed by atoms with Gasteiger partial charge in [-0.05, 0) is 279 Å². The summed E-state index contributed by atoms with van der Waals surface area (Å²) in [5, 5.41) is 0. The number of hydrogen-bond donors (Lipinski definition) is 0. The standard InChI is InChI=1S/C90H67F2N7/c91-68-36-40-77(41-37-68)93(70-22-8-1-9-23-70)79-44-48-81(49-45-79)95(72-26-12-3-13-27-72)83-52-56-85(57-53-83)97(74-30-16-5-17-31-74)87-60-64-89(65-61-87)99(76-34-20-7-21-35-76)90-66-62-88(63-67-90)98(75-32-18-6-19-33-75)86-58-54-84(55-59-86)96(73-28-14-4-15-29-73)82-50-46-80(47-51-82)94(71-24-10-2-11-25-71)78-42-38-69(92)39-43-78/h1-67H. The van der Waals surface area contributed by atoms with E-state index in [2.05, 4.69) is 344 Å². The lowest BCUT2D eigenvalue weighted by molar-refractivity contribution is 0.627. The molecule has 0 N–H and O–H groups in total. The molecule has 0 spiro atoms. The van der Waals surface area contributed by atoms with Crippen LogP contribution in [0.15, 0.2) is 406 Å². The molecule has 0 heterocycles. The van der Waals surface area contributed by atoms with Crippen molar-refractivity contribution in [1.29, 1.82) is 0 Å². The first kappa shape index (κ1) is 61.9. The summed E-state index contributed by atoms with van der Waals surface area (Å²) < 4.78 is 28.4. The van der Waals surface area contributed by atoms with Crippen molar-refractivity contribution in [3.8, 4) is 0 Å². The van der Waals surface area contributed by atoms with Gasteiger partial charge in [0.1, 0.15) is 11.6 Å².